The number of carbonyl (C=O) groups is 3. The van der Waals surface area contributed by atoms with Crippen molar-refractivity contribution in [3.8, 4) is 0 Å². The Bertz CT molecular complexity index is 1430. The van der Waals surface area contributed by atoms with Crippen molar-refractivity contribution in [2.24, 2.45) is 0 Å². The van der Waals surface area contributed by atoms with E-state index in [1.165, 1.54) is 10.5 Å². The molecule has 5 rings (SSSR count). The predicted molar refractivity (Wildman–Crippen MR) is 148 cm³/mol. The second-order valence-electron chi connectivity index (χ2n) is 9.84. The van der Waals surface area contributed by atoms with E-state index >= 15 is 0 Å². The zero-order chi connectivity index (χ0) is 26.8. The first-order valence-corrected chi connectivity index (χ1v) is 13.1. The summed E-state index contributed by atoms with van der Waals surface area (Å²) in [5.74, 6) is -1.16. The van der Waals surface area contributed by atoms with Gasteiger partial charge in [-0.25, -0.2) is 4.90 Å². The van der Waals surface area contributed by atoms with Crippen molar-refractivity contribution < 1.29 is 19.3 Å². The predicted octanol–water partition coefficient (Wildman–Crippen LogP) is 3.28. The highest BCUT2D eigenvalue weighted by Gasteiger charge is 2.39. The van der Waals surface area contributed by atoms with Crippen LogP contribution in [0.2, 0.25) is 0 Å². The lowest BCUT2D eigenvalue weighted by atomic mass is 10.1. The quantitative estimate of drug-likeness (QED) is 0.481. The standard InChI is InChI=1S/C30H29ClN4O3/c1-20-11-12-21(2)25(17-20)35-29(37)26(31)27(30(35)38)32-24-10-6-9-23(18-24)28(36)34-15-13-33(14-16-34)19-22-7-4-3-5-8-22/h3-12,17-18,32H,13-16,19H2,1-2H3/p+1. The average Bonchev–Trinajstić information content (AvgIpc) is 3.13. The SMILES string of the molecule is Cc1ccc(C)c(N2C(=O)C(Cl)=C(Nc3cccc(C(=O)N4CC[NH+](Cc5ccccc5)CC4)c3)C2=O)c1. The van der Waals surface area contributed by atoms with Gasteiger partial charge in [-0.15, -0.1) is 0 Å². The monoisotopic (exact) mass is 529 g/mol. The normalized spacial score (nSPS) is 16.4. The third-order valence-corrected chi connectivity index (χ3v) is 7.42. The van der Waals surface area contributed by atoms with Crippen LogP contribution in [0.1, 0.15) is 27.0 Å². The lowest BCUT2D eigenvalue weighted by Gasteiger charge is -2.32. The van der Waals surface area contributed by atoms with Gasteiger partial charge in [-0.3, -0.25) is 14.4 Å². The number of halogens is 1. The molecule has 0 aromatic heterocycles. The number of quaternary nitrogens is 1. The molecule has 3 aromatic rings. The first kappa shape index (κ1) is 25.7. The van der Waals surface area contributed by atoms with Gasteiger partial charge in [0.25, 0.3) is 17.7 Å². The van der Waals surface area contributed by atoms with Crippen LogP contribution >= 0.6 is 11.6 Å². The summed E-state index contributed by atoms with van der Waals surface area (Å²) in [4.78, 5) is 43.8. The Morgan fingerprint density at radius 1 is 0.921 bits per heavy atom. The molecule has 7 nitrogen and oxygen atoms in total. The molecule has 0 saturated carbocycles. The number of rotatable bonds is 6. The van der Waals surface area contributed by atoms with E-state index in [0.29, 0.717) is 30.0 Å². The van der Waals surface area contributed by atoms with Crippen LogP contribution in [-0.4, -0.2) is 48.8 Å². The van der Waals surface area contributed by atoms with Crippen molar-refractivity contribution >= 4 is 40.7 Å². The maximum atomic E-state index is 13.3. The Hall–Kier alpha value is -3.94. The second kappa shape index (κ2) is 10.8. The van der Waals surface area contributed by atoms with E-state index in [1.807, 2.05) is 36.9 Å². The molecule has 0 atom stereocenters. The van der Waals surface area contributed by atoms with Crippen LogP contribution in [-0.2, 0) is 16.1 Å². The van der Waals surface area contributed by atoms with Gasteiger partial charge >= 0.3 is 0 Å². The molecular formula is C30H30ClN4O3+. The maximum absolute atomic E-state index is 13.3. The van der Waals surface area contributed by atoms with Crippen LogP contribution in [0, 0.1) is 13.8 Å². The zero-order valence-corrected chi connectivity index (χ0v) is 22.2. The minimum atomic E-state index is -0.573. The van der Waals surface area contributed by atoms with Crippen LogP contribution in [0.25, 0.3) is 0 Å². The summed E-state index contributed by atoms with van der Waals surface area (Å²) >= 11 is 6.33. The summed E-state index contributed by atoms with van der Waals surface area (Å²) in [6.45, 7) is 7.80. The molecule has 38 heavy (non-hydrogen) atoms. The summed E-state index contributed by atoms with van der Waals surface area (Å²) in [7, 11) is 0. The largest absolute Gasteiger partial charge is 0.350 e. The summed E-state index contributed by atoms with van der Waals surface area (Å²) in [6.07, 6.45) is 0. The smallest absolute Gasteiger partial charge is 0.283 e. The molecule has 0 aliphatic carbocycles. The van der Waals surface area contributed by atoms with Crippen molar-refractivity contribution in [3.05, 3.63) is 106 Å². The van der Waals surface area contributed by atoms with Crippen LogP contribution in [0.15, 0.2) is 83.5 Å². The molecule has 2 aliphatic heterocycles. The Kier molecular flexibility index (Phi) is 7.31. The van der Waals surface area contributed by atoms with Gasteiger partial charge in [0, 0.05) is 16.8 Å². The molecule has 2 aliphatic rings. The zero-order valence-electron chi connectivity index (χ0n) is 21.5. The van der Waals surface area contributed by atoms with E-state index in [4.69, 9.17) is 11.6 Å². The van der Waals surface area contributed by atoms with E-state index < -0.39 is 11.8 Å². The van der Waals surface area contributed by atoms with Gasteiger partial charge in [-0.2, -0.15) is 0 Å². The van der Waals surface area contributed by atoms with Crippen molar-refractivity contribution in [1.82, 2.24) is 4.90 Å². The molecule has 0 radical (unpaired) electrons. The van der Waals surface area contributed by atoms with Gasteiger partial charge < -0.3 is 15.1 Å². The molecule has 8 heteroatoms. The topological polar surface area (TPSA) is 74.2 Å². The molecule has 0 bridgehead atoms. The van der Waals surface area contributed by atoms with Gasteiger partial charge in [0.05, 0.1) is 31.9 Å². The number of carbonyl (C=O) groups excluding carboxylic acids is 3. The molecule has 2 N–H and O–H groups in total. The lowest BCUT2D eigenvalue weighted by molar-refractivity contribution is -0.917. The number of nitrogens with zero attached hydrogens (tertiary/aromatic N) is 2. The highest BCUT2D eigenvalue weighted by molar-refractivity contribution is 6.53. The maximum Gasteiger partial charge on any atom is 0.283 e. The third kappa shape index (κ3) is 5.21. The van der Waals surface area contributed by atoms with E-state index in [9.17, 15) is 14.4 Å². The van der Waals surface area contributed by atoms with Crippen molar-refractivity contribution in [2.45, 2.75) is 20.4 Å². The molecule has 0 unspecified atom stereocenters. The number of nitrogens with one attached hydrogen (secondary N) is 2. The van der Waals surface area contributed by atoms with Crippen molar-refractivity contribution in [3.63, 3.8) is 0 Å². The number of aryl methyl sites for hydroxylation is 2. The van der Waals surface area contributed by atoms with Crippen molar-refractivity contribution in [1.29, 1.82) is 0 Å². The molecule has 2 heterocycles. The van der Waals surface area contributed by atoms with Gasteiger partial charge in [0.1, 0.15) is 17.3 Å². The van der Waals surface area contributed by atoms with E-state index in [2.05, 4.69) is 29.6 Å². The Morgan fingerprint density at radius 3 is 2.39 bits per heavy atom. The van der Waals surface area contributed by atoms with E-state index in [-0.39, 0.29) is 16.6 Å². The summed E-state index contributed by atoms with van der Waals surface area (Å²) in [5, 5.41) is 2.82. The van der Waals surface area contributed by atoms with Crippen LogP contribution in [0.3, 0.4) is 0 Å². The number of hydrogen-bond donors (Lipinski definition) is 2. The van der Waals surface area contributed by atoms with Gasteiger partial charge in [0.15, 0.2) is 0 Å². The molecule has 1 saturated heterocycles. The second-order valence-corrected chi connectivity index (χ2v) is 10.2. The number of amides is 3. The fraction of sp³-hybridized carbons (Fsp3) is 0.233. The highest BCUT2D eigenvalue weighted by atomic mass is 35.5. The number of piperazine rings is 1. The third-order valence-electron chi connectivity index (χ3n) is 7.07. The Balaban J connectivity index is 1.26. The van der Waals surface area contributed by atoms with E-state index in [0.717, 1.165) is 35.7 Å². The first-order valence-electron chi connectivity index (χ1n) is 12.7. The molecular weight excluding hydrogens is 500 g/mol. The fourth-order valence-electron chi connectivity index (χ4n) is 4.93. The molecule has 1 fully saturated rings. The average molecular weight is 530 g/mol. The first-order chi connectivity index (χ1) is 18.3. The Labute approximate surface area is 227 Å². The fourth-order valence-corrected chi connectivity index (χ4v) is 5.15. The molecule has 3 amide bonds. The lowest BCUT2D eigenvalue weighted by Crippen LogP contribution is -3.13. The summed E-state index contributed by atoms with van der Waals surface area (Å²) in [6, 6.07) is 22.9. The Morgan fingerprint density at radius 2 is 1.66 bits per heavy atom. The van der Waals surface area contributed by atoms with Gasteiger partial charge in [-0.1, -0.05) is 60.1 Å². The van der Waals surface area contributed by atoms with Crippen LogP contribution in [0.4, 0.5) is 11.4 Å². The summed E-state index contributed by atoms with van der Waals surface area (Å²) < 4.78 is 0. The van der Waals surface area contributed by atoms with Crippen molar-refractivity contribution in [2.75, 3.05) is 36.4 Å². The van der Waals surface area contributed by atoms with Crippen LogP contribution in [0.5, 0.6) is 0 Å². The number of anilines is 2. The highest BCUT2D eigenvalue weighted by Crippen LogP contribution is 2.32. The molecule has 0 spiro atoms. The summed E-state index contributed by atoms with van der Waals surface area (Å²) in [5.41, 5.74) is 4.55. The van der Waals surface area contributed by atoms with Gasteiger partial charge in [-0.05, 0) is 49.2 Å². The van der Waals surface area contributed by atoms with Crippen LogP contribution < -0.4 is 15.1 Å². The molecule has 3 aromatic carbocycles. The number of imide groups is 1. The van der Waals surface area contributed by atoms with Gasteiger partial charge in [0.2, 0.25) is 0 Å². The minimum absolute atomic E-state index is 0.000276. The van der Waals surface area contributed by atoms with E-state index in [1.54, 1.807) is 30.3 Å². The molecule has 194 valence electrons. The number of hydrogen-bond acceptors (Lipinski definition) is 4. The number of benzene rings is 3. The minimum Gasteiger partial charge on any atom is -0.350 e.